The monoisotopic (exact) mass is 382 g/mol. The van der Waals surface area contributed by atoms with Gasteiger partial charge in [0, 0.05) is 47.4 Å². The van der Waals surface area contributed by atoms with Gasteiger partial charge in [-0.15, -0.1) is 0 Å². The molecule has 0 unspecified atom stereocenters. The average Bonchev–Trinajstić information content (AvgIpc) is 3.25. The number of carbonyl (C=O) groups is 2. The van der Waals surface area contributed by atoms with Crippen LogP contribution >= 0.6 is 11.8 Å². The summed E-state index contributed by atoms with van der Waals surface area (Å²) in [5, 5.41) is 10.2. The lowest BCUT2D eigenvalue weighted by Gasteiger charge is -2.21. The lowest BCUT2D eigenvalue weighted by molar-refractivity contribution is -0.114. The highest BCUT2D eigenvalue weighted by atomic mass is 32.2. The summed E-state index contributed by atoms with van der Waals surface area (Å²) >= 11 is 1.49. The Morgan fingerprint density at radius 3 is 2.67 bits per heavy atom. The van der Waals surface area contributed by atoms with Crippen LogP contribution in [0.25, 0.3) is 0 Å². The van der Waals surface area contributed by atoms with Crippen molar-refractivity contribution in [3.8, 4) is 0 Å². The third-order valence-corrected chi connectivity index (χ3v) is 5.95. The van der Waals surface area contributed by atoms with Crippen LogP contribution in [0.5, 0.6) is 0 Å². The van der Waals surface area contributed by atoms with Gasteiger partial charge in [0.1, 0.15) is 5.03 Å². The predicted octanol–water partition coefficient (Wildman–Crippen LogP) is 2.81. The number of nitrogens with one attached hydrogen (secondary N) is 3. The number of benzene rings is 1. The Bertz CT molecular complexity index is 855. The molecule has 140 valence electrons. The highest BCUT2D eigenvalue weighted by Gasteiger charge is 2.39. The maximum absolute atomic E-state index is 12.5. The highest BCUT2D eigenvalue weighted by Crippen LogP contribution is 2.29. The Balaban J connectivity index is 1.37. The molecule has 2 fully saturated rings. The molecular formula is C20H22N4O2S. The van der Waals surface area contributed by atoms with Crippen molar-refractivity contribution in [2.75, 3.05) is 5.32 Å². The maximum Gasteiger partial charge on any atom is 0.251 e. The Morgan fingerprint density at radius 1 is 1.19 bits per heavy atom. The first-order valence-corrected chi connectivity index (χ1v) is 9.97. The van der Waals surface area contributed by atoms with E-state index in [1.807, 2.05) is 30.3 Å². The van der Waals surface area contributed by atoms with Crippen LogP contribution in [0.15, 0.2) is 52.5 Å². The van der Waals surface area contributed by atoms with E-state index in [1.54, 1.807) is 12.3 Å². The number of anilines is 1. The molecule has 1 aromatic heterocycles. The first-order valence-electron chi connectivity index (χ1n) is 9.15. The van der Waals surface area contributed by atoms with Crippen LogP contribution in [0.4, 0.5) is 5.69 Å². The van der Waals surface area contributed by atoms with Crippen LogP contribution in [0, 0.1) is 0 Å². The molecule has 2 saturated heterocycles. The van der Waals surface area contributed by atoms with Crippen LogP contribution < -0.4 is 16.0 Å². The van der Waals surface area contributed by atoms with Crippen LogP contribution in [0.1, 0.15) is 36.5 Å². The lowest BCUT2D eigenvalue weighted by atomic mass is 9.95. The summed E-state index contributed by atoms with van der Waals surface area (Å²) in [5.41, 5.74) is 1.39. The molecule has 2 amide bonds. The number of hydrogen-bond donors (Lipinski definition) is 3. The Morgan fingerprint density at radius 2 is 2.00 bits per heavy atom. The molecule has 2 aliphatic heterocycles. The number of rotatable bonds is 5. The zero-order valence-corrected chi connectivity index (χ0v) is 15.9. The second-order valence-corrected chi connectivity index (χ2v) is 8.15. The Kier molecular flexibility index (Phi) is 5.13. The lowest BCUT2D eigenvalue weighted by Crippen LogP contribution is -2.42. The van der Waals surface area contributed by atoms with Gasteiger partial charge in [-0.3, -0.25) is 9.59 Å². The molecular weight excluding hydrogens is 360 g/mol. The van der Waals surface area contributed by atoms with Crippen molar-refractivity contribution in [2.45, 2.75) is 54.2 Å². The van der Waals surface area contributed by atoms with Crippen LogP contribution in [0.2, 0.25) is 0 Å². The van der Waals surface area contributed by atoms with Gasteiger partial charge < -0.3 is 16.0 Å². The van der Waals surface area contributed by atoms with E-state index in [1.165, 1.54) is 25.1 Å². The van der Waals surface area contributed by atoms with Crippen LogP contribution in [-0.2, 0) is 4.79 Å². The van der Waals surface area contributed by atoms with Crippen molar-refractivity contribution in [1.82, 2.24) is 15.6 Å². The predicted molar refractivity (Wildman–Crippen MR) is 105 cm³/mol. The van der Waals surface area contributed by atoms with Gasteiger partial charge in [-0.25, -0.2) is 4.98 Å². The molecule has 1 aromatic carbocycles. The van der Waals surface area contributed by atoms with Gasteiger partial charge in [0.05, 0.1) is 0 Å². The van der Waals surface area contributed by atoms with Crippen molar-refractivity contribution in [1.29, 1.82) is 0 Å². The van der Waals surface area contributed by atoms with Gasteiger partial charge in [-0.2, -0.15) is 0 Å². The first-order chi connectivity index (χ1) is 13.1. The Hall–Kier alpha value is -2.38. The standard InChI is InChI=1S/C20H22N4O2S/c1-12(25)22-15-8-9-21-19(11-15)27-16-5-2-13(3-6-16)20(26)24-18-10-14-4-7-17(18)23-14/h2-3,5-6,8-9,11,14,17-18,23H,4,7,10H2,1H3,(H,24,26)(H,21,22,25)/t14-,17+,18-/m1/s1. The van der Waals surface area contributed by atoms with E-state index in [-0.39, 0.29) is 17.9 Å². The molecule has 4 rings (SSSR count). The van der Waals surface area contributed by atoms with Gasteiger partial charge in [-0.05, 0) is 55.7 Å². The van der Waals surface area contributed by atoms with E-state index in [4.69, 9.17) is 0 Å². The number of nitrogens with zero attached hydrogens (tertiary/aromatic N) is 1. The van der Waals surface area contributed by atoms with Crippen LogP contribution in [-0.4, -0.2) is 34.9 Å². The zero-order chi connectivity index (χ0) is 18.8. The van der Waals surface area contributed by atoms with E-state index in [0.29, 0.717) is 17.6 Å². The van der Waals surface area contributed by atoms with E-state index >= 15 is 0 Å². The third-order valence-electron chi connectivity index (χ3n) is 5.01. The summed E-state index contributed by atoms with van der Waals surface area (Å²) in [6.45, 7) is 1.48. The van der Waals surface area contributed by atoms with Crippen molar-refractivity contribution in [3.63, 3.8) is 0 Å². The molecule has 0 aliphatic carbocycles. The van der Waals surface area contributed by atoms with Crippen molar-refractivity contribution < 1.29 is 9.59 Å². The largest absolute Gasteiger partial charge is 0.348 e. The van der Waals surface area contributed by atoms with Crippen molar-refractivity contribution in [3.05, 3.63) is 48.2 Å². The number of carbonyl (C=O) groups excluding carboxylic acids is 2. The summed E-state index contributed by atoms with van der Waals surface area (Å²) < 4.78 is 0. The fourth-order valence-corrected chi connectivity index (χ4v) is 4.59. The van der Waals surface area contributed by atoms with Gasteiger partial charge in [0.25, 0.3) is 5.91 Å². The molecule has 0 saturated carbocycles. The van der Waals surface area contributed by atoms with E-state index in [2.05, 4.69) is 20.9 Å². The number of fused-ring (bicyclic) bond motifs is 2. The number of pyridine rings is 1. The number of aromatic nitrogens is 1. The molecule has 3 heterocycles. The second kappa shape index (κ2) is 7.70. The number of hydrogen-bond acceptors (Lipinski definition) is 5. The molecule has 0 radical (unpaired) electrons. The highest BCUT2D eigenvalue weighted by molar-refractivity contribution is 7.99. The van der Waals surface area contributed by atoms with Gasteiger partial charge in [-0.1, -0.05) is 11.8 Å². The zero-order valence-electron chi connectivity index (χ0n) is 15.1. The minimum atomic E-state index is -0.113. The van der Waals surface area contributed by atoms with Gasteiger partial charge >= 0.3 is 0 Å². The first kappa shape index (κ1) is 18.0. The molecule has 2 aromatic rings. The topological polar surface area (TPSA) is 83.1 Å². The average molecular weight is 382 g/mol. The summed E-state index contributed by atoms with van der Waals surface area (Å²) in [7, 11) is 0. The maximum atomic E-state index is 12.5. The van der Waals surface area contributed by atoms with E-state index < -0.39 is 0 Å². The fourth-order valence-electron chi connectivity index (χ4n) is 3.78. The molecule has 0 spiro atoms. The summed E-state index contributed by atoms with van der Waals surface area (Å²) in [4.78, 5) is 29.0. The molecule has 27 heavy (non-hydrogen) atoms. The quantitative estimate of drug-likeness (QED) is 0.741. The fraction of sp³-hybridized carbons (Fsp3) is 0.350. The summed E-state index contributed by atoms with van der Waals surface area (Å²) in [6, 6.07) is 12.3. The van der Waals surface area contributed by atoms with Crippen LogP contribution in [0.3, 0.4) is 0 Å². The smallest absolute Gasteiger partial charge is 0.251 e. The minimum Gasteiger partial charge on any atom is -0.348 e. The molecule has 2 bridgehead atoms. The normalized spacial score (nSPS) is 23.2. The number of amides is 2. The van der Waals surface area contributed by atoms with Crippen molar-refractivity contribution in [2.24, 2.45) is 0 Å². The summed E-state index contributed by atoms with van der Waals surface area (Å²) in [6.07, 6.45) is 5.06. The summed E-state index contributed by atoms with van der Waals surface area (Å²) in [5.74, 6) is -0.130. The SMILES string of the molecule is CC(=O)Nc1ccnc(Sc2ccc(C(=O)N[C@@H]3C[C@H]4CC[C@@H]3N4)cc2)c1. The van der Waals surface area contributed by atoms with E-state index in [0.717, 1.165) is 28.5 Å². The van der Waals surface area contributed by atoms with Gasteiger partial charge in [0.2, 0.25) is 5.91 Å². The molecule has 3 N–H and O–H groups in total. The molecule has 2 aliphatic rings. The van der Waals surface area contributed by atoms with Gasteiger partial charge in [0.15, 0.2) is 0 Å². The second-order valence-electron chi connectivity index (χ2n) is 7.05. The minimum absolute atomic E-state index is 0.0170. The Labute approximate surface area is 162 Å². The molecule has 7 heteroatoms. The van der Waals surface area contributed by atoms with E-state index in [9.17, 15) is 9.59 Å². The van der Waals surface area contributed by atoms with Crippen molar-refractivity contribution >= 4 is 29.3 Å². The molecule has 3 atom stereocenters. The third kappa shape index (κ3) is 4.31. The molecule has 6 nitrogen and oxygen atoms in total.